The van der Waals surface area contributed by atoms with Crippen LogP contribution in [0.2, 0.25) is 0 Å². The van der Waals surface area contributed by atoms with Crippen LogP contribution in [0, 0.1) is 0 Å². The molecule has 122 valence electrons. The average Bonchev–Trinajstić information content (AvgIpc) is 2.37. The molecule has 0 radical (unpaired) electrons. The molecule has 1 aromatic carbocycles. The van der Waals surface area contributed by atoms with E-state index in [0.717, 1.165) is 0 Å². The maximum Gasteiger partial charge on any atom is 0.328 e. The highest BCUT2D eigenvalue weighted by Crippen LogP contribution is 2.15. The van der Waals surface area contributed by atoms with E-state index in [2.05, 4.69) is 10.6 Å². The summed E-state index contributed by atoms with van der Waals surface area (Å²) in [7, 11) is -4.03. The molecule has 3 amide bonds. The highest BCUT2D eigenvalue weighted by molar-refractivity contribution is 7.90. The largest absolute Gasteiger partial charge is 0.335 e. The van der Waals surface area contributed by atoms with Crippen LogP contribution in [0.5, 0.6) is 0 Å². The smallest absolute Gasteiger partial charge is 0.328 e. The molecule has 1 atom stereocenters. The lowest BCUT2D eigenvalue weighted by atomic mass is 10.3. The zero-order chi connectivity index (χ0) is 16.9. The molecule has 0 aliphatic heterocycles. The van der Waals surface area contributed by atoms with Gasteiger partial charge in [-0.05, 0) is 39.0 Å². The van der Waals surface area contributed by atoms with Crippen molar-refractivity contribution in [1.82, 2.24) is 10.0 Å². The molecule has 0 aromatic heterocycles. The number of urea groups is 1. The van der Waals surface area contributed by atoms with E-state index in [0.29, 0.717) is 0 Å². The van der Waals surface area contributed by atoms with Crippen LogP contribution >= 0.6 is 0 Å². The van der Waals surface area contributed by atoms with Gasteiger partial charge in [-0.2, -0.15) is 0 Å². The van der Waals surface area contributed by atoms with Crippen molar-refractivity contribution >= 4 is 27.6 Å². The van der Waals surface area contributed by atoms with Crippen molar-refractivity contribution in [1.29, 1.82) is 0 Å². The molecule has 0 aliphatic rings. The summed E-state index contributed by atoms with van der Waals surface area (Å²) < 4.78 is 26.1. The maximum atomic E-state index is 12.1. The average molecular weight is 328 g/mol. The highest BCUT2D eigenvalue weighted by atomic mass is 32.2. The molecule has 0 heterocycles. The molecule has 9 heteroatoms. The van der Waals surface area contributed by atoms with Gasteiger partial charge >= 0.3 is 6.03 Å². The Bertz CT molecular complexity index is 656. The van der Waals surface area contributed by atoms with E-state index >= 15 is 0 Å². The van der Waals surface area contributed by atoms with Gasteiger partial charge in [0.15, 0.2) is 0 Å². The second kappa shape index (κ2) is 7.23. The van der Waals surface area contributed by atoms with Gasteiger partial charge in [0.05, 0.1) is 10.9 Å². The first kappa shape index (κ1) is 17.9. The molecule has 1 rings (SSSR count). The van der Waals surface area contributed by atoms with E-state index in [1.807, 2.05) is 4.72 Å². The zero-order valence-corrected chi connectivity index (χ0v) is 13.4. The summed E-state index contributed by atoms with van der Waals surface area (Å²) in [5, 5.41) is 4.90. The van der Waals surface area contributed by atoms with Crippen molar-refractivity contribution in [3.63, 3.8) is 0 Å². The third kappa shape index (κ3) is 5.34. The number of carbonyl (C=O) groups excluding carboxylic acids is 2. The molecule has 1 unspecified atom stereocenters. The molecule has 0 saturated heterocycles. The van der Waals surface area contributed by atoms with Crippen LogP contribution in [0.25, 0.3) is 0 Å². The predicted octanol–water partition coefficient (Wildman–Crippen LogP) is 0.369. The number of carbonyl (C=O) groups is 2. The number of hydrogen-bond acceptors (Lipinski definition) is 5. The molecule has 0 bridgehead atoms. The fourth-order valence-electron chi connectivity index (χ4n) is 1.47. The van der Waals surface area contributed by atoms with Crippen molar-refractivity contribution < 1.29 is 18.0 Å². The van der Waals surface area contributed by atoms with E-state index in [1.54, 1.807) is 13.8 Å². The number of hydrogen-bond donors (Lipinski definition) is 4. The van der Waals surface area contributed by atoms with Crippen molar-refractivity contribution in [2.45, 2.75) is 37.8 Å². The summed E-state index contributed by atoms with van der Waals surface area (Å²) >= 11 is 0. The number of benzene rings is 1. The lowest BCUT2D eigenvalue weighted by Crippen LogP contribution is -2.42. The molecule has 0 aliphatic carbocycles. The van der Waals surface area contributed by atoms with Crippen LogP contribution in [0.4, 0.5) is 10.5 Å². The zero-order valence-electron chi connectivity index (χ0n) is 12.6. The van der Waals surface area contributed by atoms with Crippen molar-refractivity contribution in [3.05, 3.63) is 24.3 Å². The fourth-order valence-corrected chi connectivity index (χ4v) is 2.43. The van der Waals surface area contributed by atoms with Crippen LogP contribution in [0.15, 0.2) is 29.2 Å². The van der Waals surface area contributed by atoms with Crippen LogP contribution in [-0.2, 0) is 14.8 Å². The Morgan fingerprint density at radius 3 is 2.36 bits per heavy atom. The van der Waals surface area contributed by atoms with Crippen LogP contribution in [-0.4, -0.2) is 32.4 Å². The first-order valence-electron chi connectivity index (χ1n) is 6.61. The lowest BCUT2D eigenvalue weighted by molar-refractivity contribution is -0.117. The monoisotopic (exact) mass is 328 g/mol. The summed E-state index contributed by atoms with van der Waals surface area (Å²) in [4.78, 5) is 22.9. The molecule has 0 fully saturated rings. The molecule has 5 N–H and O–H groups in total. The van der Waals surface area contributed by atoms with Crippen molar-refractivity contribution in [2.75, 3.05) is 5.32 Å². The summed E-state index contributed by atoms with van der Waals surface area (Å²) in [6.07, 6.45) is 0. The summed E-state index contributed by atoms with van der Waals surface area (Å²) in [5.74, 6) is -0.444. The van der Waals surface area contributed by atoms with E-state index < -0.39 is 28.0 Å². The first-order valence-corrected chi connectivity index (χ1v) is 8.10. The van der Waals surface area contributed by atoms with Gasteiger partial charge < -0.3 is 16.4 Å². The van der Waals surface area contributed by atoms with Gasteiger partial charge in [0.25, 0.3) is 10.0 Å². The second-order valence-corrected chi connectivity index (χ2v) is 6.72. The molecule has 0 spiro atoms. The number of nitrogens with two attached hydrogens (primary N) is 1. The Hall–Kier alpha value is -2.13. The Balaban J connectivity index is 2.92. The normalized spacial score (nSPS) is 12.6. The number of rotatable bonds is 5. The second-order valence-electron chi connectivity index (χ2n) is 5.04. The standard InChI is InChI=1S/C13H20N4O4S/c1-8(2)15-13(19)17-22(20,21)11-6-4-5-10(7-11)16-12(18)9(3)14/h4-9H,14H2,1-3H3,(H,16,18)(H2,15,17,19). The van der Waals surface area contributed by atoms with Crippen molar-refractivity contribution in [3.8, 4) is 0 Å². The van der Waals surface area contributed by atoms with Gasteiger partial charge in [-0.25, -0.2) is 17.9 Å². The Morgan fingerprint density at radius 2 is 1.82 bits per heavy atom. The van der Waals surface area contributed by atoms with Crippen molar-refractivity contribution in [2.24, 2.45) is 5.73 Å². The number of anilines is 1. The third-order valence-electron chi connectivity index (χ3n) is 2.47. The third-order valence-corrected chi connectivity index (χ3v) is 3.80. The molecular weight excluding hydrogens is 308 g/mol. The van der Waals surface area contributed by atoms with Gasteiger partial charge in [0.2, 0.25) is 5.91 Å². The number of amides is 3. The summed E-state index contributed by atoms with van der Waals surface area (Å²) in [6, 6.07) is 3.78. The minimum Gasteiger partial charge on any atom is -0.335 e. The summed E-state index contributed by atoms with van der Waals surface area (Å²) in [6.45, 7) is 4.92. The lowest BCUT2D eigenvalue weighted by Gasteiger charge is -2.12. The summed E-state index contributed by atoms with van der Waals surface area (Å²) in [5.41, 5.74) is 5.70. The van der Waals surface area contributed by atoms with E-state index in [9.17, 15) is 18.0 Å². The Labute approximate surface area is 129 Å². The SMILES string of the molecule is CC(C)NC(=O)NS(=O)(=O)c1cccc(NC(=O)C(C)N)c1. The molecule has 1 aromatic rings. The predicted molar refractivity (Wildman–Crippen MR) is 82.7 cm³/mol. The van der Waals surface area contributed by atoms with Gasteiger partial charge in [-0.1, -0.05) is 6.07 Å². The van der Waals surface area contributed by atoms with Gasteiger partial charge in [0.1, 0.15) is 0 Å². The maximum absolute atomic E-state index is 12.1. The fraction of sp³-hybridized carbons (Fsp3) is 0.385. The number of nitrogens with one attached hydrogen (secondary N) is 3. The topological polar surface area (TPSA) is 130 Å². The number of sulfonamides is 1. The molecule has 0 saturated carbocycles. The van der Waals surface area contributed by atoms with Crippen LogP contribution < -0.4 is 21.1 Å². The van der Waals surface area contributed by atoms with Gasteiger partial charge in [-0.15, -0.1) is 0 Å². The minimum absolute atomic E-state index is 0.145. The highest BCUT2D eigenvalue weighted by Gasteiger charge is 2.18. The van der Waals surface area contributed by atoms with Gasteiger partial charge in [0, 0.05) is 11.7 Å². The quantitative estimate of drug-likeness (QED) is 0.620. The molecule has 22 heavy (non-hydrogen) atoms. The molecular formula is C13H20N4O4S. The Morgan fingerprint density at radius 1 is 1.18 bits per heavy atom. The molecule has 8 nitrogen and oxygen atoms in total. The van der Waals surface area contributed by atoms with Gasteiger partial charge in [-0.3, -0.25) is 4.79 Å². The van der Waals surface area contributed by atoms with E-state index in [4.69, 9.17) is 5.73 Å². The van der Waals surface area contributed by atoms with Crippen LogP contribution in [0.3, 0.4) is 0 Å². The minimum atomic E-state index is -4.03. The van der Waals surface area contributed by atoms with Crippen LogP contribution in [0.1, 0.15) is 20.8 Å². The van der Waals surface area contributed by atoms with E-state index in [-0.39, 0.29) is 16.6 Å². The van der Waals surface area contributed by atoms with E-state index in [1.165, 1.54) is 31.2 Å². The Kier molecular flexibility index (Phi) is 5.89. The first-order chi connectivity index (χ1) is 10.1.